The minimum atomic E-state index is 0.573. The van der Waals surface area contributed by atoms with Gasteiger partial charge in [-0.05, 0) is 25.1 Å². The highest BCUT2D eigenvalue weighted by Gasteiger charge is 2.18. The van der Waals surface area contributed by atoms with Gasteiger partial charge in [-0.25, -0.2) is 0 Å². The van der Waals surface area contributed by atoms with Gasteiger partial charge in [-0.2, -0.15) is 0 Å². The molecule has 1 aromatic carbocycles. The predicted molar refractivity (Wildman–Crippen MR) is 61.3 cm³/mol. The summed E-state index contributed by atoms with van der Waals surface area (Å²) in [5, 5.41) is 4.10. The van der Waals surface area contributed by atoms with Crippen molar-refractivity contribution in [2.45, 2.75) is 13.3 Å². The number of benzene rings is 1. The number of hydrogen-bond acceptors (Lipinski definition) is 4. The topological polar surface area (TPSA) is 40.0 Å². The molecular weight excluding hydrogens is 206 g/mol. The molecule has 0 atom stereocenters. The third-order valence-corrected chi connectivity index (χ3v) is 2.40. The number of hydrogen-bond donors (Lipinski definition) is 0. The van der Waals surface area contributed by atoms with Crippen molar-refractivity contribution in [1.82, 2.24) is 0 Å². The van der Waals surface area contributed by atoms with Crippen LogP contribution in [0, 0.1) is 0 Å². The Kier molecular flexibility index (Phi) is 3.29. The summed E-state index contributed by atoms with van der Waals surface area (Å²) >= 11 is 0. The summed E-state index contributed by atoms with van der Waals surface area (Å²) in [4.78, 5) is 5.09. The summed E-state index contributed by atoms with van der Waals surface area (Å²) in [5.41, 5.74) is 1.88. The molecule has 0 saturated heterocycles. The SMILES string of the molecule is CCO/N=C1\CCOc2ccc(OC)cc21. The third-order valence-electron chi connectivity index (χ3n) is 2.40. The van der Waals surface area contributed by atoms with Crippen molar-refractivity contribution >= 4 is 5.71 Å². The molecule has 0 aromatic heterocycles. The summed E-state index contributed by atoms with van der Waals surface area (Å²) in [6.45, 7) is 3.13. The molecule has 4 heteroatoms. The number of fused-ring (bicyclic) bond motifs is 1. The standard InChI is InChI=1S/C12H15NO3/c1-3-16-13-11-6-7-15-12-5-4-9(14-2)8-10(11)12/h4-5,8H,3,6-7H2,1-2H3/b13-11+. The molecule has 0 spiro atoms. The fraction of sp³-hybridized carbons (Fsp3) is 0.417. The van der Waals surface area contributed by atoms with Crippen molar-refractivity contribution in [3.05, 3.63) is 23.8 Å². The molecule has 0 fully saturated rings. The lowest BCUT2D eigenvalue weighted by atomic mass is 10.0. The van der Waals surface area contributed by atoms with E-state index in [2.05, 4.69) is 5.16 Å². The number of methoxy groups -OCH3 is 1. The lowest BCUT2D eigenvalue weighted by molar-refractivity contribution is 0.157. The Morgan fingerprint density at radius 1 is 1.44 bits per heavy atom. The summed E-state index contributed by atoms with van der Waals surface area (Å²) in [6.07, 6.45) is 0.764. The average molecular weight is 221 g/mol. The second-order valence-electron chi connectivity index (χ2n) is 3.42. The van der Waals surface area contributed by atoms with Crippen LogP contribution in [0.4, 0.5) is 0 Å². The average Bonchev–Trinajstić information content (AvgIpc) is 2.35. The minimum Gasteiger partial charge on any atom is -0.497 e. The van der Waals surface area contributed by atoms with Crippen LogP contribution in [0.3, 0.4) is 0 Å². The first-order valence-corrected chi connectivity index (χ1v) is 5.35. The van der Waals surface area contributed by atoms with Crippen molar-refractivity contribution in [2.75, 3.05) is 20.3 Å². The van der Waals surface area contributed by atoms with E-state index < -0.39 is 0 Å². The van der Waals surface area contributed by atoms with Crippen LogP contribution in [0.25, 0.3) is 0 Å². The molecule has 0 radical (unpaired) electrons. The maximum atomic E-state index is 5.54. The number of rotatable bonds is 3. The molecule has 2 rings (SSSR count). The van der Waals surface area contributed by atoms with Crippen LogP contribution in [0.15, 0.2) is 23.4 Å². The van der Waals surface area contributed by atoms with Crippen molar-refractivity contribution < 1.29 is 14.3 Å². The summed E-state index contributed by atoms with van der Waals surface area (Å²) in [7, 11) is 1.64. The highest BCUT2D eigenvalue weighted by Crippen LogP contribution is 2.28. The van der Waals surface area contributed by atoms with Gasteiger partial charge in [0.05, 0.1) is 19.4 Å². The van der Waals surface area contributed by atoms with Crippen LogP contribution in [0.1, 0.15) is 18.9 Å². The number of ether oxygens (including phenoxy) is 2. The van der Waals surface area contributed by atoms with Crippen LogP contribution in [0.5, 0.6) is 11.5 Å². The fourth-order valence-corrected chi connectivity index (χ4v) is 1.62. The molecule has 1 heterocycles. The maximum Gasteiger partial charge on any atom is 0.128 e. The Morgan fingerprint density at radius 3 is 3.06 bits per heavy atom. The highest BCUT2D eigenvalue weighted by molar-refractivity contribution is 6.03. The largest absolute Gasteiger partial charge is 0.497 e. The normalized spacial score (nSPS) is 16.5. The lowest BCUT2D eigenvalue weighted by Crippen LogP contribution is -2.16. The second-order valence-corrected chi connectivity index (χ2v) is 3.42. The smallest absolute Gasteiger partial charge is 0.128 e. The van der Waals surface area contributed by atoms with Gasteiger partial charge >= 0.3 is 0 Å². The fourth-order valence-electron chi connectivity index (χ4n) is 1.62. The van der Waals surface area contributed by atoms with Gasteiger partial charge in [0.2, 0.25) is 0 Å². The monoisotopic (exact) mass is 221 g/mol. The Balaban J connectivity index is 2.35. The van der Waals surface area contributed by atoms with E-state index >= 15 is 0 Å². The molecule has 1 aliphatic rings. The van der Waals surface area contributed by atoms with E-state index in [0.717, 1.165) is 29.2 Å². The van der Waals surface area contributed by atoms with Crippen LogP contribution in [-0.2, 0) is 4.84 Å². The Bertz CT molecular complexity index is 401. The van der Waals surface area contributed by atoms with E-state index in [1.807, 2.05) is 25.1 Å². The van der Waals surface area contributed by atoms with Crippen molar-refractivity contribution in [3.63, 3.8) is 0 Å². The van der Waals surface area contributed by atoms with Crippen molar-refractivity contribution in [3.8, 4) is 11.5 Å². The molecule has 1 aliphatic heterocycles. The molecule has 0 saturated carbocycles. The van der Waals surface area contributed by atoms with Crippen LogP contribution in [0.2, 0.25) is 0 Å². The first-order chi connectivity index (χ1) is 7.85. The highest BCUT2D eigenvalue weighted by atomic mass is 16.6. The molecule has 0 unspecified atom stereocenters. The van der Waals surface area contributed by atoms with Gasteiger partial charge in [-0.3, -0.25) is 0 Å². The van der Waals surface area contributed by atoms with Gasteiger partial charge in [0.15, 0.2) is 0 Å². The molecule has 0 bridgehead atoms. The zero-order valence-corrected chi connectivity index (χ0v) is 9.53. The number of nitrogens with zero attached hydrogens (tertiary/aromatic N) is 1. The number of oxime groups is 1. The van der Waals surface area contributed by atoms with Gasteiger partial charge in [-0.1, -0.05) is 5.16 Å². The van der Waals surface area contributed by atoms with E-state index in [1.54, 1.807) is 7.11 Å². The van der Waals surface area contributed by atoms with E-state index in [1.165, 1.54) is 0 Å². The van der Waals surface area contributed by atoms with Gasteiger partial charge < -0.3 is 14.3 Å². The Hall–Kier alpha value is -1.71. The van der Waals surface area contributed by atoms with E-state index in [4.69, 9.17) is 14.3 Å². The Morgan fingerprint density at radius 2 is 2.31 bits per heavy atom. The van der Waals surface area contributed by atoms with Crippen molar-refractivity contribution in [2.24, 2.45) is 5.16 Å². The zero-order valence-electron chi connectivity index (χ0n) is 9.53. The van der Waals surface area contributed by atoms with E-state index in [9.17, 15) is 0 Å². The molecule has 1 aromatic rings. The minimum absolute atomic E-state index is 0.573. The van der Waals surface area contributed by atoms with Gasteiger partial charge in [0, 0.05) is 12.0 Å². The summed E-state index contributed by atoms with van der Waals surface area (Å²) < 4.78 is 10.7. The van der Waals surface area contributed by atoms with Gasteiger partial charge in [-0.15, -0.1) is 0 Å². The van der Waals surface area contributed by atoms with E-state index in [0.29, 0.717) is 13.2 Å². The van der Waals surface area contributed by atoms with Crippen LogP contribution >= 0.6 is 0 Å². The first kappa shape index (κ1) is 10.8. The lowest BCUT2D eigenvalue weighted by Gasteiger charge is -2.19. The first-order valence-electron chi connectivity index (χ1n) is 5.35. The zero-order chi connectivity index (χ0) is 11.4. The molecule has 0 aliphatic carbocycles. The van der Waals surface area contributed by atoms with Crippen molar-refractivity contribution in [1.29, 1.82) is 0 Å². The predicted octanol–water partition coefficient (Wildman–Crippen LogP) is 2.22. The van der Waals surface area contributed by atoms with Gasteiger partial charge in [0.1, 0.15) is 18.1 Å². The van der Waals surface area contributed by atoms with E-state index in [-0.39, 0.29) is 0 Å². The Labute approximate surface area is 94.8 Å². The second kappa shape index (κ2) is 4.88. The molecular formula is C12H15NO3. The van der Waals surface area contributed by atoms with Gasteiger partial charge in [0.25, 0.3) is 0 Å². The summed E-state index contributed by atoms with van der Waals surface area (Å²) in [5.74, 6) is 1.64. The molecule has 16 heavy (non-hydrogen) atoms. The molecule has 86 valence electrons. The van der Waals surface area contributed by atoms with Crippen LogP contribution < -0.4 is 9.47 Å². The van der Waals surface area contributed by atoms with Crippen LogP contribution in [-0.4, -0.2) is 26.0 Å². The maximum absolute atomic E-state index is 5.54. The summed E-state index contributed by atoms with van der Waals surface area (Å²) in [6, 6.07) is 5.70. The third kappa shape index (κ3) is 2.10. The molecule has 0 amide bonds. The molecule has 4 nitrogen and oxygen atoms in total. The quantitative estimate of drug-likeness (QED) is 0.735. The molecule has 0 N–H and O–H groups in total.